The largest absolute Gasteiger partial charge is 0.494 e. The third kappa shape index (κ3) is 4.51. The molecule has 1 aromatic carbocycles. The van der Waals surface area contributed by atoms with Crippen LogP contribution in [0.1, 0.15) is 6.42 Å². The molecule has 0 spiro atoms. The highest BCUT2D eigenvalue weighted by Gasteiger charge is 2.24. The zero-order valence-corrected chi connectivity index (χ0v) is 11.9. The van der Waals surface area contributed by atoms with Crippen LogP contribution in [0.15, 0.2) is 30.3 Å². The minimum atomic E-state index is -0.344. The van der Waals surface area contributed by atoms with E-state index in [1.54, 1.807) is 4.90 Å². The normalized spacial score (nSPS) is 18.6. The van der Waals surface area contributed by atoms with Crippen LogP contribution in [-0.2, 0) is 9.53 Å². The maximum atomic E-state index is 12.1. The molecule has 1 fully saturated rings. The fourth-order valence-corrected chi connectivity index (χ4v) is 2.09. The third-order valence-corrected chi connectivity index (χ3v) is 3.23. The lowest BCUT2D eigenvalue weighted by Gasteiger charge is -2.27. The molecule has 1 atom stereocenters. The van der Waals surface area contributed by atoms with E-state index < -0.39 is 0 Å². The van der Waals surface area contributed by atoms with Gasteiger partial charge in [-0.2, -0.15) is 0 Å². The van der Waals surface area contributed by atoms with Gasteiger partial charge >= 0.3 is 0 Å². The van der Waals surface area contributed by atoms with Crippen molar-refractivity contribution < 1.29 is 14.3 Å². The molecular formula is C15H22N2O3. The second kappa shape index (κ2) is 7.87. The Hall–Kier alpha value is -1.59. The maximum Gasteiger partial charge on any atom is 0.252 e. The van der Waals surface area contributed by atoms with E-state index in [1.165, 1.54) is 0 Å². The number of likely N-dealkylation sites (N-methyl/N-ethyl adjacent to an activating group) is 1. The molecule has 20 heavy (non-hydrogen) atoms. The molecule has 110 valence electrons. The van der Waals surface area contributed by atoms with Gasteiger partial charge in [-0.3, -0.25) is 4.79 Å². The fourth-order valence-electron chi connectivity index (χ4n) is 2.09. The summed E-state index contributed by atoms with van der Waals surface area (Å²) >= 11 is 0. The predicted molar refractivity (Wildman–Crippen MR) is 76.8 cm³/mol. The first-order chi connectivity index (χ1) is 9.77. The van der Waals surface area contributed by atoms with E-state index in [4.69, 9.17) is 9.47 Å². The lowest BCUT2D eigenvalue weighted by Crippen LogP contribution is -2.48. The standard InChI is InChI=1S/C15H22N2O3/c1-17(15(18)14-12-16-8-11-20-14)9-5-10-19-13-6-3-2-4-7-13/h2-4,6-7,14,16H,5,8-12H2,1H3. The summed E-state index contributed by atoms with van der Waals surface area (Å²) < 4.78 is 11.1. The lowest BCUT2D eigenvalue weighted by molar-refractivity contribution is -0.143. The molecule has 1 aliphatic rings. The molecule has 1 amide bonds. The first-order valence-corrected chi connectivity index (χ1v) is 7.02. The smallest absolute Gasteiger partial charge is 0.252 e. The molecule has 1 aromatic rings. The number of morpholine rings is 1. The number of para-hydroxylation sites is 1. The van der Waals surface area contributed by atoms with Crippen LogP contribution in [0, 0.1) is 0 Å². The van der Waals surface area contributed by atoms with Crippen LogP contribution in [0.4, 0.5) is 0 Å². The second-order valence-electron chi connectivity index (χ2n) is 4.84. The van der Waals surface area contributed by atoms with Crippen LogP contribution in [0.5, 0.6) is 5.75 Å². The Morgan fingerprint density at radius 2 is 2.25 bits per heavy atom. The predicted octanol–water partition coefficient (Wildman–Crippen LogP) is 0.902. The number of carbonyl (C=O) groups is 1. The molecule has 1 unspecified atom stereocenters. The summed E-state index contributed by atoms with van der Waals surface area (Å²) in [6.07, 6.45) is 0.459. The molecule has 0 radical (unpaired) electrons. The van der Waals surface area contributed by atoms with Gasteiger partial charge in [0.1, 0.15) is 11.9 Å². The van der Waals surface area contributed by atoms with Gasteiger partial charge in [-0.05, 0) is 18.6 Å². The maximum absolute atomic E-state index is 12.1. The van der Waals surface area contributed by atoms with Gasteiger partial charge in [-0.15, -0.1) is 0 Å². The van der Waals surface area contributed by atoms with E-state index >= 15 is 0 Å². The average Bonchev–Trinajstić information content (AvgIpc) is 2.52. The summed E-state index contributed by atoms with van der Waals surface area (Å²) in [5.41, 5.74) is 0. The van der Waals surface area contributed by atoms with Crippen molar-refractivity contribution in [1.29, 1.82) is 0 Å². The van der Waals surface area contributed by atoms with Gasteiger partial charge in [0, 0.05) is 26.7 Å². The summed E-state index contributed by atoms with van der Waals surface area (Å²) in [4.78, 5) is 13.8. The van der Waals surface area contributed by atoms with E-state index in [0.717, 1.165) is 18.7 Å². The van der Waals surface area contributed by atoms with Crippen LogP contribution in [0.25, 0.3) is 0 Å². The van der Waals surface area contributed by atoms with Crippen molar-refractivity contribution >= 4 is 5.91 Å². The highest BCUT2D eigenvalue weighted by Crippen LogP contribution is 2.08. The summed E-state index contributed by atoms with van der Waals surface area (Å²) in [5, 5.41) is 3.16. The van der Waals surface area contributed by atoms with Gasteiger partial charge in [-0.1, -0.05) is 18.2 Å². The SMILES string of the molecule is CN(CCCOc1ccccc1)C(=O)C1CNCCO1. The summed E-state index contributed by atoms with van der Waals surface area (Å²) in [5.74, 6) is 0.901. The van der Waals surface area contributed by atoms with Crippen molar-refractivity contribution in [3.63, 3.8) is 0 Å². The topological polar surface area (TPSA) is 50.8 Å². The molecule has 1 heterocycles. The zero-order chi connectivity index (χ0) is 14.2. The van der Waals surface area contributed by atoms with Gasteiger partial charge in [0.2, 0.25) is 0 Å². The lowest BCUT2D eigenvalue weighted by atomic mass is 10.2. The molecular weight excluding hydrogens is 256 g/mol. The summed E-state index contributed by atoms with van der Waals surface area (Å²) in [6, 6.07) is 9.70. The molecule has 5 nitrogen and oxygen atoms in total. The van der Waals surface area contributed by atoms with E-state index in [-0.39, 0.29) is 12.0 Å². The van der Waals surface area contributed by atoms with E-state index in [1.807, 2.05) is 37.4 Å². The van der Waals surface area contributed by atoms with Crippen molar-refractivity contribution in [2.45, 2.75) is 12.5 Å². The molecule has 0 bridgehead atoms. The highest BCUT2D eigenvalue weighted by atomic mass is 16.5. The van der Waals surface area contributed by atoms with Gasteiger partial charge in [0.05, 0.1) is 13.2 Å². The van der Waals surface area contributed by atoms with E-state index in [0.29, 0.717) is 26.3 Å². The number of hydrogen-bond donors (Lipinski definition) is 1. The zero-order valence-electron chi connectivity index (χ0n) is 11.9. The van der Waals surface area contributed by atoms with Crippen molar-refractivity contribution in [1.82, 2.24) is 10.2 Å². The summed E-state index contributed by atoms with van der Waals surface area (Å²) in [7, 11) is 1.81. The Labute approximate surface area is 119 Å². The van der Waals surface area contributed by atoms with Crippen LogP contribution in [0.3, 0.4) is 0 Å². The number of nitrogens with zero attached hydrogens (tertiary/aromatic N) is 1. The van der Waals surface area contributed by atoms with Crippen LogP contribution >= 0.6 is 0 Å². The Morgan fingerprint density at radius 3 is 2.95 bits per heavy atom. The minimum absolute atomic E-state index is 0.0388. The molecule has 1 saturated heterocycles. The van der Waals surface area contributed by atoms with Crippen molar-refractivity contribution in [3.8, 4) is 5.75 Å². The molecule has 5 heteroatoms. The van der Waals surface area contributed by atoms with Crippen LogP contribution in [0.2, 0.25) is 0 Å². The first-order valence-electron chi connectivity index (χ1n) is 7.02. The molecule has 0 saturated carbocycles. The Bertz CT molecular complexity index is 405. The van der Waals surface area contributed by atoms with Crippen molar-refractivity contribution in [3.05, 3.63) is 30.3 Å². The number of ether oxygens (including phenoxy) is 2. The monoisotopic (exact) mass is 278 g/mol. The van der Waals surface area contributed by atoms with Gasteiger partial charge < -0.3 is 19.7 Å². The van der Waals surface area contributed by atoms with E-state index in [2.05, 4.69) is 5.32 Å². The van der Waals surface area contributed by atoms with Crippen molar-refractivity contribution in [2.75, 3.05) is 39.9 Å². The number of benzene rings is 1. The van der Waals surface area contributed by atoms with Gasteiger partial charge in [0.25, 0.3) is 5.91 Å². The Kier molecular flexibility index (Phi) is 5.83. The third-order valence-electron chi connectivity index (χ3n) is 3.23. The summed E-state index contributed by atoms with van der Waals surface area (Å²) in [6.45, 7) is 3.29. The number of carbonyl (C=O) groups excluding carboxylic acids is 1. The quantitative estimate of drug-likeness (QED) is 0.786. The number of amides is 1. The average molecular weight is 278 g/mol. The van der Waals surface area contributed by atoms with Crippen molar-refractivity contribution in [2.24, 2.45) is 0 Å². The minimum Gasteiger partial charge on any atom is -0.494 e. The molecule has 1 N–H and O–H groups in total. The first kappa shape index (κ1) is 14.8. The second-order valence-corrected chi connectivity index (χ2v) is 4.84. The fraction of sp³-hybridized carbons (Fsp3) is 0.533. The number of rotatable bonds is 6. The van der Waals surface area contributed by atoms with Gasteiger partial charge in [0.15, 0.2) is 0 Å². The molecule has 0 aromatic heterocycles. The van der Waals surface area contributed by atoms with Gasteiger partial charge in [-0.25, -0.2) is 0 Å². The molecule has 2 rings (SSSR count). The Morgan fingerprint density at radius 1 is 1.45 bits per heavy atom. The number of nitrogens with one attached hydrogen (secondary N) is 1. The molecule has 1 aliphatic heterocycles. The Balaban J connectivity index is 1.64. The van der Waals surface area contributed by atoms with Crippen LogP contribution in [-0.4, -0.2) is 56.8 Å². The van der Waals surface area contributed by atoms with E-state index in [9.17, 15) is 4.79 Å². The number of hydrogen-bond acceptors (Lipinski definition) is 4. The highest BCUT2D eigenvalue weighted by molar-refractivity contribution is 5.81. The van der Waals surface area contributed by atoms with Crippen LogP contribution < -0.4 is 10.1 Å². The molecule has 0 aliphatic carbocycles.